The summed E-state index contributed by atoms with van der Waals surface area (Å²) in [5.41, 5.74) is 1.14. The fraction of sp³-hybridized carbons (Fsp3) is 0.542. The molecule has 3 aromatic rings. The number of anilines is 3. The van der Waals surface area contributed by atoms with E-state index < -0.39 is 6.43 Å². The maximum absolute atomic E-state index is 13.3. The molecular formula is C24H30F2N8O2S. The molecule has 3 heterocycles. The Balaban J connectivity index is 1.41. The van der Waals surface area contributed by atoms with Gasteiger partial charge in [0.1, 0.15) is 22.8 Å². The normalized spacial score (nSPS) is 17.2. The van der Waals surface area contributed by atoms with E-state index >= 15 is 0 Å². The van der Waals surface area contributed by atoms with Crippen molar-refractivity contribution in [2.45, 2.75) is 58.4 Å². The molecule has 198 valence electrons. The fourth-order valence-electron chi connectivity index (χ4n) is 4.46. The number of hydrogen-bond acceptors (Lipinski definition) is 7. The van der Waals surface area contributed by atoms with Crippen LogP contribution >= 0.6 is 11.3 Å². The number of carbonyl (C=O) groups excluding carboxylic acids is 2. The third-order valence-electron chi connectivity index (χ3n) is 6.80. The molecule has 0 unspecified atom stereocenters. The summed E-state index contributed by atoms with van der Waals surface area (Å²) in [4.78, 5) is 26.9. The number of nitrogens with one attached hydrogen (secondary N) is 3. The van der Waals surface area contributed by atoms with Crippen molar-refractivity contribution in [3.05, 3.63) is 34.1 Å². The number of halogens is 2. The molecule has 10 nitrogen and oxygen atoms in total. The summed E-state index contributed by atoms with van der Waals surface area (Å²) in [5.74, 6) is 0.799. The van der Waals surface area contributed by atoms with Crippen molar-refractivity contribution in [2.75, 3.05) is 17.2 Å². The molecule has 0 aliphatic heterocycles. The lowest BCUT2D eigenvalue weighted by atomic mass is 9.91. The lowest BCUT2D eigenvalue weighted by Crippen LogP contribution is -2.29. The monoisotopic (exact) mass is 532 g/mol. The van der Waals surface area contributed by atoms with E-state index in [0.29, 0.717) is 41.2 Å². The molecule has 0 saturated heterocycles. The Kier molecular flexibility index (Phi) is 6.97. The third-order valence-corrected chi connectivity index (χ3v) is 8.01. The van der Waals surface area contributed by atoms with Crippen molar-refractivity contribution >= 4 is 39.9 Å². The molecule has 2 amide bonds. The van der Waals surface area contributed by atoms with Gasteiger partial charge in [0.15, 0.2) is 0 Å². The van der Waals surface area contributed by atoms with Gasteiger partial charge in [-0.15, -0.1) is 21.5 Å². The van der Waals surface area contributed by atoms with Gasteiger partial charge in [-0.1, -0.05) is 13.8 Å². The second-order valence-electron chi connectivity index (χ2n) is 9.97. The zero-order valence-electron chi connectivity index (χ0n) is 20.9. The smallest absolute Gasteiger partial charge is 0.282 e. The second-order valence-corrected chi connectivity index (χ2v) is 11.1. The highest BCUT2D eigenvalue weighted by Crippen LogP contribution is 2.42. The zero-order valence-corrected chi connectivity index (χ0v) is 21.7. The van der Waals surface area contributed by atoms with Crippen molar-refractivity contribution in [1.82, 2.24) is 29.9 Å². The number of carbonyl (C=O) groups is 2. The van der Waals surface area contributed by atoms with Crippen LogP contribution in [0.2, 0.25) is 0 Å². The molecule has 0 spiro atoms. The first kappa shape index (κ1) is 25.3. The SMILES string of the molecule is CC(C)C(=O)Nc1sc2c(c1C(=O)NCC1CC1)C[C@@H](n1cnnc1Nc1cc(C(F)F)nn1C)CC2. The Morgan fingerprint density at radius 2 is 2.03 bits per heavy atom. The molecule has 0 radical (unpaired) electrons. The molecule has 5 rings (SSSR count). The summed E-state index contributed by atoms with van der Waals surface area (Å²) < 4.78 is 29.4. The molecule has 0 bridgehead atoms. The van der Waals surface area contributed by atoms with E-state index in [1.165, 1.54) is 22.1 Å². The first-order valence-electron chi connectivity index (χ1n) is 12.4. The number of aromatic nitrogens is 5. The van der Waals surface area contributed by atoms with Crippen molar-refractivity contribution < 1.29 is 18.4 Å². The Hall–Kier alpha value is -3.35. The molecule has 0 aromatic carbocycles. The molecule has 2 aliphatic carbocycles. The lowest BCUT2D eigenvalue weighted by molar-refractivity contribution is -0.118. The topological polar surface area (TPSA) is 119 Å². The second kappa shape index (κ2) is 10.2. The Morgan fingerprint density at radius 3 is 2.70 bits per heavy atom. The number of aryl methyl sites for hydroxylation is 2. The van der Waals surface area contributed by atoms with Crippen molar-refractivity contribution in [1.29, 1.82) is 0 Å². The van der Waals surface area contributed by atoms with E-state index in [0.717, 1.165) is 36.1 Å². The average molecular weight is 533 g/mol. The Bertz CT molecular complexity index is 1310. The Labute approximate surface area is 216 Å². The number of amides is 2. The van der Waals surface area contributed by atoms with Crippen LogP contribution in [-0.2, 0) is 24.7 Å². The van der Waals surface area contributed by atoms with Gasteiger partial charge in [-0.05, 0) is 43.6 Å². The van der Waals surface area contributed by atoms with Crippen LogP contribution < -0.4 is 16.0 Å². The van der Waals surface area contributed by atoms with Gasteiger partial charge in [0.05, 0.1) is 5.56 Å². The maximum atomic E-state index is 13.3. The molecule has 2 aliphatic rings. The van der Waals surface area contributed by atoms with Gasteiger partial charge >= 0.3 is 0 Å². The number of fused-ring (bicyclic) bond motifs is 1. The van der Waals surface area contributed by atoms with Gasteiger partial charge in [-0.2, -0.15) is 5.10 Å². The highest BCUT2D eigenvalue weighted by atomic mass is 32.1. The standard InChI is InChI=1S/C24H30F2N8O2S/c1-12(2)21(35)30-23-19(22(36)27-10-13-4-5-13)15-8-14(6-7-17(15)37-23)34-11-28-31-24(34)29-18-9-16(20(25)26)32-33(18)3/h9,11-14,20H,4-8,10H2,1-3H3,(H,27,36)(H,29,31)(H,30,35)/t14-/m0/s1. The first-order valence-corrected chi connectivity index (χ1v) is 13.2. The molecule has 3 N–H and O–H groups in total. The summed E-state index contributed by atoms with van der Waals surface area (Å²) in [7, 11) is 1.58. The molecule has 1 fully saturated rings. The quantitative estimate of drug-likeness (QED) is 0.380. The van der Waals surface area contributed by atoms with Gasteiger partial charge < -0.3 is 16.0 Å². The van der Waals surface area contributed by atoms with Gasteiger partial charge in [0.2, 0.25) is 11.9 Å². The summed E-state index contributed by atoms with van der Waals surface area (Å²) in [6.07, 6.45) is 3.22. The number of hydrogen-bond donors (Lipinski definition) is 3. The van der Waals surface area contributed by atoms with Crippen LogP contribution in [0.15, 0.2) is 12.4 Å². The van der Waals surface area contributed by atoms with Gasteiger partial charge in [-0.3, -0.25) is 18.8 Å². The number of rotatable bonds is 9. The van der Waals surface area contributed by atoms with Crippen LogP contribution in [0.3, 0.4) is 0 Å². The third kappa shape index (κ3) is 5.36. The minimum Gasteiger partial charge on any atom is -0.352 e. The molecule has 3 aromatic heterocycles. The van der Waals surface area contributed by atoms with E-state index in [-0.39, 0.29) is 29.5 Å². The van der Waals surface area contributed by atoms with Crippen LogP contribution in [0.5, 0.6) is 0 Å². The molecule has 1 atom stereocenters. The molecule has 1 saturated carbocycles. The first-order chi connectivity index (χ1) is 17.7. The predicted molar refractivity (Wildman–Crippen MR) is 135 cm³/mol. The summed E-state index contributed by atoms with van der Waals surface area (Å²) in [5, 5.41) is 21.7. The highest BCUT2D eigenvalue weighted by Gasteiger charge is 2.32. The predicted octanol–water partition coefficient (Wildman–Crippen LogP) is 4.22. The molecule has 13 heteroatoms. The van der Waals surface area contributed by atoms with E-state index in [9.17, 15) is 18.4 Å². The van der Waals surface area contributed by atoms with E-state index in [1.54, 1.807) is 13.4 Å². The fourth-order valence-corrected chi connectivity index (χ4v) is 5.71. The van der Waals surface area contributed by atoms with Gasteiger partial charge in [0, 0.05) is 36.5 Å². The minimum atomic E-state index is -2.68. The largest absolute Gasteiger partial charge is 0.352 e. The van der Waals surface area contributed by atoms with Crippen molar-refractivity contribution in [2.24, 2.45) is 18.9 Å². The van der Waals surface area contributed by atoms with Crippen LogP contribution in [0.1, 0.15) is 72.1 Å². The van der Waals surface area contributed by atoms with E-state index in [1.807, 2.05) is 18.4 Å². The van der Waals surface area contributed by atoms with E-state index in [4.69, 9.17) is 0 Å². The molecular weight excluding hydrogens is 502 g/mol. The van der Waals surface area contributed by atoms with Crippen LogP contribution in [0.4, 0.5) is 25.5 Å². The zero-order chi connectivity index (χ0) is 26.3. The maximum Gasteiger partial charge on any atom is 0.282 e. The van der Waals surface area contributed by atoms with Gasteiger partial charge in [0.25, 0.3) is 12.3 Å². The van der Waals surface area contributed by atoms with Crippen LogP contribution in [0.25, 0.3) is 0 Å². The minimum absolute atomic E-state index is 0.0639. The lowest BCUT2D eigenvalue weighted by Gasteiger charge is -2.25. The number of nitrogens with zero attached hydrogens (tertiary/aromatic N) is 5. The number of thiophene rings is 1. The van der Waals surface area contributed by atoms with Crippen molar-refractivity contribution in [3.8, 4) is 0 Å². The average Bonchev–Trinajstić information content (AvgIpc) is 3.27. The highest BCUT2D eigenvalue weighted by molar-refractivity contribution is 7.17. The number of alkyl halides is 2. The van der Waals surface area contributed by atoms with Crippen molar-refractivity contribution in [3.63, 3.8) is 0 Å². The van der Waals surface area contributed by atoms with E-state index in [2.05, 4.69) is 31.2 Å². The van der Waals surface area contributed by atoms with Gasteiger partial charge in [-0.25, -0.2) is 8.78 Å². The Morgan fingerprint density at radius 1 is 1.24 bits per heavy atom. The van der Waals surface area contributed by atoms with Crippen LogP contribution in [-0.4, -0.2) is 42.9 Å². The molecule has 37 heavy (non-hydrogen) atoms. The summed E-state index contributed by atoms with van der Waals surface area (Å²) in [6, 6.07) is 1.22. The van der Waals surface area contributed by atoms with Crippen LogP contribution in [0, 0.1) is 11.8 Å². The summed E-state index contributed by atoms with van der Waals surface area (Å²) >= 11 is 1.47. The summed E-state index contributed by atoms with van der Waals surface area (Å²) in [6.45, 7) is 4.27.